The molecular formula is C20H25N3O2. The second kappa shape index (κ2) is 7.23. The summed E-state index contributed by atoms with van der Waals surface area (Å²) in [4.78, 5) is 14.5. The number of para-hydroxylation sites is 1. The van der Waals surface area contributed by atoms with Crippen LogP contribution in [0.4, 0.5) is 0 Å². The van der Waals surface area contributed by atoms with Crippen LogP contribution in [0.25, 0.3) is 11.8 Å². The molecule has 132 valence electrons. The second-order valence-electron chi connectivity index (χ2n) is 6.65. The summed E-state index contributed by atoms with van der Waals surface area (Å²) in [6, 6.07) is 10.1. The molecule has 25 heavy (non-hydrogen) atoms. The molecule has 0 aliphatic carbocycles. The van der Waals surface area contributed by atoms with Crippen molar-refractivity contribution in [2.45, 2.75) is 39.8 Å². The van der Waals surface area contributed by atoms with Crippen LogP contribution in [0, 0.1) is 13.8 Å². The highest BCUT2D eigenvalue weighted by atomic mass is 16.5. The van der Waals surface area contributed by atoms with Gasteiger partial charge in [-0.2, -0.15) is 5.10 Å². The Balaban J connectivity index is 1.82. The molecule has 1 fully saturated rings. The smallest absolute Gasteiger partial charge is 0.246 e. The van der Waals surface area contributed by atoms with E-state index in [1.165, 1.54) is 0 Å². The van der Waals surface area contributed by atoms with Gasteiger partial charge in [0.2, 0.25) is 5.91 Å². The van der Waals surface area contributed by atoms with Gasteiger partial charge >= 0.3 is 0 Å². The van der Waals surface area contributed by atoms with Crippen LogP contribution in [0.15, 0.2) is 36.4 Å². The summed E-state index contributed by atoms with van der Waals surface area (Å²) in [5.41, 5.74) is 3.95. The molecule has 1 aromatic heterocycles. The molecule has 1 amide bonds. The summed E-state index contributed by atoms with van der Waals surface area (Å²) in [5, 5.41) is 4.62. The Bertz CT molecular complexity index is 780. The lowest BCUT2D eigenvalue weighted by atomic mass is 10.1. The van der Waals surface area contributed by atoms with Crippen molar-refractivity contribution in [2.75, 3.05) is 13.2 Å². The largest absolute Gasteiger partial charge is 0.375 e. The molecule has 3 rings (SSSR count). The molecule has 0 saturated carbocycles. The fourth-order valence-corrected chi connectivity index (χ4v) is 3.18. The van der Waals surface area contributed by atoms with Crippen molar-refractivity contribution in [1.29, 1.82) is 0 Å². The lowest BCUT2D eigenvalue weighted by Crippen LogP contribution is -2.49. The van der Waals surface area contributed by atoms with Gasteiger partial charge in [0, 0.05) is 23.9 Å². The minimum absolute atomic E-state index is 0.0221. The SMILES string of the molecule is Cc1nn(-c2ccccc2)c(C)c1/C=C/C(=O)N1CC(C)OCC1C. The molecule has 0 N–H and O–H groups in total. The summed E-state index contributed by atoms with van der Waals surface area (Å²) in [7, 11) is 0. The van der Waals surface area contributed by atoms with Crippen molar-refractivity contribution >= 4 is 12.0 Å². The number of amides is 1. The van der Waals surface area contributed by atoms with Gasteiger partial charge in [-0.25, -0.2) is 4.68 Å². The molecule has 1 aliphatic heterocycles. The Labute approximate surface area is 148 Å². The molecule has 5 heteroatoms. The number of ether oxygens (including phenoxy) is 1. The number of nitrogens with zero attached hydrogens (tertiary/aromatic N) is 3. The fourth-order valence-electron chi connectivity index (χ4n) is 3.18. The first-order chi connectivity index (χ1) is 12.0. The molecule has 2 aromatic rings. The van der Waals surface area contributed by atoms with E-state index in [4.69, 9.17) is 4.74 Å². The number of hydrogen-bond acceptors (Lipinski definition) is 3. The van der Waals surface area contributed by atoms with Gasteiger partial charge in [-0.05, 0) is 45.9 Å². The highest BCUT2D eigenvalue weighted by Crippen LogP contribution is 2.20. The van der Waals surface area contributed by atoms with Crippen LogP contribution in [0.3, 0.4) is 0 Å². The number of morpholine rings is 1. The van der Waals surface area contributed by atoms with Crippen LogP contribution in [0.5, 0.6) is 0 Å². The zero-order chi connectivity index (χ0) is 18.0. The standard InChI is InChI=1S/C20H25N3O2/c1-14-13-25-15(2)12-22(14)20(24)11-10-19-16(3)21-23(17(19)4)18-8-6-5-7-9-18/h5-11,14-15H,12-13H2,1-4H3/b11-10+. The predicted molar refractivity (Wildman–Crippen MR) is 98.7 cm³/mol. The van der Waals surface area contributed by atoms with Crippen LogP contribution >= 0.6 is 0 Å². The number of carbonyl (C=O) groups excluding carboxylic acids is 1. The third-order valence-corrected chi connectivity index (χ3v) is 4.63. The quantitative estimate of drug-likeness (QED) is 0.807. The maximum atomic E-state index is 12.6. The van der Waals surface area contributed by atoms with E-state index in [1.807, 2.05) is 73.7 Å². The molecule has 0 radical (unpaired) electrons. The second-order valence-corrected chi connectivity index (χ2v) is 6.65. The summed E-state index contributed by atoms with van der Waals surface area (Å²) in [6.45, 7) is 9.22. The van der Waals surface area contributed by atoms with Crippen LogP contribution in [-0.4, -0.2) is 45.9 Å². The van der Waals surface area contributed by atoms with Crippen molar-refractivity contribution in [1.82, 2.24) is 14.7 Å². The minimum atomic E-state index is 0.0221. The van der Waals surface area contributed by atoms with E-state index >= 15 is 0 Å². The average molecular weight is 339 g/mol. The Morgan fingerprint density at radius 1 is 1.24 bits per heavy atom. The molecule has 0 bridgehead atoms. The average Bonchev–Trinajstić information content (AvgIpc) is 2.90. The van der Waals surface area contributed by atoms with Gasteiger partial charge in [0.15, 0.2) is 0 Å². The highest BCUT2D eigenvalue weighted by Gasteiger charge is 2.26. The third kappa shape index (κ3) is 3.66. The number of hydrogen-bond donors (Lipinski definition) is 0. The Hall–Kier alpha value is -2.40. The summed E-state index contributed by atoms with van der Waals surface area (Å²) < 4.78 is 7.51. The summed E-state index contributed by atoms with van der Waals surface area (Å²) in [5.74, 6) is 0.0221. The molecular weight excluding hydrogens is 314 g/mol. The zero-order valence-electron chi connectivity index (χ0n) is 15.3. The molecule has 2 atom stereocenters. The predicted octanol–water partition coefficient (Wildman–Crippen LogP) is 3.14. The van der Waals surface area contributed by atoms with Gasteiger partial charge in [0.05, 0.1) is 30.1 Å². The van der Waals surface area contributed by atoms with Gasteiger partial charge in [0.1, 0.15) is 0 Å². The monoisotopic (exact) mass is 339 g/mol. The first-order valence-corrected chi connectivity index (χ1v) is 8.69. The molecule has 5 nitrogen and oxygen atoms in total. The molecule has 1 aromatic carbocycles. The normalized spacial score (nSPS) is 21.0. The Kier molecular flexibility index (Phi) is 5.04. The molecule has 1 saturated heterocycles. The topological polar surface area (TPSA) is 47.4 Å². The van der Waals surface area contributed by atoms with E-state index in [2.05, 4.69) is 5.10 Å². The zero-order valence-corrected chi connectivity index (χ0v) is 15.3. The van der Waals surface area contributed by atoms with Gasteiger partial charge in [-0.3, -0.25) is 4.79 Å². The lowest BCUT2D eigenvalue weighted by Gasteiger charge is -2.36. The van der Waals surface area contributed by atoms with E-state index in [1.54, 1.807) is 6.08 Å². The number of aryl methyl sites for hydroxylation is 1. The maximum Gasteiger partial charge on any atom is 0.246 e. The number of carbonyl (C=O) groups is 1. The van der Waals surface area contributed by atoms with E-state index in [-0.39, 0.29) is 18.1 Å². The van der Waals surface area contributed by atoms with Crippen LogP contribution in [0.2, 0.25) is 0 Å². The lowest BCUT2D eigenvalue weighted by molar-refractivity contribution is -0.137. The van der Waals surface area contributed by atoms with Crippen molar-refractivity contribution in [3.05, 3.63) is 53.4 Å². The summed E-state index contributed by atoms with van der Waals surface area (Å²) >= 11 is 0. The maximum absolute atomic E-state index is 12.6. The first-order valence-electron chi connectivity index (χ1n) is 8.69. The van der Waals surface area contributed by atoms with Crippen molar-refractivity contribution in [3.63, 3.8) is 0 Å². The van der Waals surface area contributed by atoms with Gasteiger partial charge < -0.3 is 9.64 Å². The number of rotatable bonds is 3. The molecule has 2 heterocycles. The van der Waals surface area contributed by atoms with Crippen LogP contribution in [-0.2, 0) is 9.53 Å². The molecule has 2 unspecified atom stereocenters. The third-order valence-electron chi connectivity index (χ3n) is 4.63. The Morgan fingerprint density at radius 3 is 2.68 bits per heavy atom. The first kappa shape index (κ1) is 17.4. The van der Waals surface area contributed by atoms with Crippen LogP contribution in [0.1, 0.15) is 30.8 Å². The fraction of sp³-hybridized carbons (Fsp3) is 0.400. The van der Waals surface area contributed by atoms with Gasteiger partial charge in [-0.15, -0.1) is 0 Å². The van der Waals surface area contributed by atoms with E-state index in [0.29, 0.717) is 13.2 Å². The van der Waals surface area contributed by atoms with E-state index in [9.17, 15) is 4.79 Å². The van der Waals surface area contributed by atoms with Crippen LogP contribution < -0.4 is 0 Å². The van der Waals surface area contributed by atoms with Crippen molar-refractivity contribution < 1.29 is 9.53 Å². The van der Waals surface area contributed by atoms with Gasteiger partial charge in [-0.1, -0.05) is 18.2 Å². The minimum Gasteiger partial charge on any atom is -0.375 e. The van der Waals surface area contributed by atoms with E-state index < -0.39 is 0 Å². The van der Waals surface area contributed by atoms with E-state index in [0.717, 1.165) is 22.6 Å². The van der Waals surface area contributed by atoms with Crippen molar-refractivity contribution in [3.8, 4) is 5.69 Å². The summed E-state index contributed by atoms with van der Waals surface area (Å²) in [6.07, 6.45) is 3.62. The van der Waals surface area contributed by atoms with Crippen molar-refractivity contribution in [2.24, 2.45) is 0 Å². The number of aromatic nitrogens is 2. The number of benzene rings is 1. The molecule has 1 aliphatic rings. The highest BCUT2D eigenvalue weighted by molar-refractivity contribution is 5.92. The Morgan fingerprint density at radius 2 is 1.96 bits per heavy atom. The molecule has 0 spiro atoms. The van der Waals surface area contributed by atoms with Gasteiger partial charge in [0.25, 0.3) is 0 Å².